The number of H-pyrrole nitrogens is 1. The Balaban J connectivity index is 1.49. The molecule has 166 valence electrons. The standard InChI is InChI=1S/C24H25FN4O3/c1-28(2)13-21(30)32-16-6-3-14(4-7-16)19-12-29-20-9-10-26-24(31)22(20)18-11-15(25)5-8-17(18)23(29)27-19/h5,8-12,14,16H,3-4,6-7,13H2,1-2H3,(H,26,31). The van der Waals surface area contributed by atoms with E-state index in [1.807, 2.05) is 30.8 Å². The number of ether oxygens (including phenoxy) is 1. The van der Waals surface area contributed by atoms with Crippen molar-refractivity contribution in [3.63, 3.8) is 0 Å². The average Bonchev–Trinajstić information content (AvgIpc) is 3.19. The van der Waals surface area contributed by atoms with Gasteiger partial charge in [-0.1, -0.05) is 0 Å². The first-order valence-corrected chi connectivity index (χ1v) is 10.9. The first-order chi connectivity index (χ1) is 15.4. The Labute approximate surface area is 183 Å². The third-order valence-corrected chi connectivity index (χ3v) is 6.25. The molecular weight excluding hydrogens is 411 g/mol. The van der Waals surface area contributed by atoms with E-state index in [0.717, 1.165) is 36.8 Å². The summed E-state index contributed by atoms with van der Waals surface area (Å²) in [6.07, 6.45) is 6.86. The minimum absolute atomic E-state index is 0.0566. The second kappa shape index (κ2) is 8.02. The molecule has 0 amide bonds. The molecule has 1 aromatic carbocycles. The maximum atomic E-state index is 14.0. The van der Waals surface area contributed by atoms with Gasteiger partial charge in [0.05, 0.1) is 23.1 Å². The van der Waals surface area contributed by atoms with Crippen molar-refractivity contribution in [2.45, 2.75) is 37.7 Å². The maximum Gasteiger partial charge on any atom is 0.320 e. The Hall–Kier alpha value is -3.26. The number of esters is 1. The number of carbonyl (C=O) groups is 1. The molecule has 8 heteroatoms. The van der Waals surface area contributed by atoms with Gasteiger partial charge in [-0.3, -0.25) is 18.9 Å². The highest BCUT2D eigenvalue weighted by molar-refractivity contribution is 6.11. The minimum atomic E-state index is -0.389. The molecule has 4 aromatic rings. The van der Waals surface area contributed by atoms with Crippen LogP contribution in [0.25, 0.3) is 27.3 Å². The molecule has 0 radical (unpaired) electrons. The van der Waals surface area contributed by atoms with Crippen LogP contribution < -0.4 is 5.56 Å². The molecule has 0 unspecified atom stereocenters. The second-order valence-corrected chi connectivity index (χ2v) is 8.82. The normalized spacial score (nSPS) is 19.2. The third kappa shape index (κ3) is 3.64. The lowest BCUT2D eigenvalue weighted by atomic mass is 9.85. The molecule has 5 rings (SSSR count). The van der Waals surface area contributed by atoms with Crippen LogP contribution in [0, 0.1) is 5.82 Å². The van der Waals surface area contributed by atoms with E-state index in [2.05, 4.69) is 4.98 Å². The van der Waals surface area contributed by atoms with Gasteiger partial charge in [-0.25, -0.2) is 9.37 Å². The van der Waals surface area contributed by atoms with Gasteiger partial charge in [0.25, 0.3) is 5.56 Å². The predicted molar refractivity (Wildman–Crippen MR) is 120 cm³/mol. The van der Waals surface area contributed by atoms with Gasteiger partial charge in [0.2, 0.25) is 0 Å². The summed E-state index contributed by atoms with van der Waals surface area (Å²) in [6, 6.07) is 6.30. The molecular formula is C24H25FN4O3. The van der Waals surface area contributed by atoms with Crippen LogP contribution >= 0.6 is 0 Å². The highest BCUT2D eigenvalue weighted by Crippen LogP contribution is 2.36. The monoisotopic (exact) mass is 436 g/mol. The molecule has 0 spiro atoms. The summed E-state index contributed by atoms with van der Waals surface area (Å²) in [6.45, 7) is 0.284. The Kier molecular flexibility index (Phi) is 5.17. The van der Waals surface area contributed by atoms with Gasteiger partial charge in [-0.05, 0) is 64.0 Å². The van der Waals surface area contributed by atoms with Crippen LogP contribution in [0.2, 0.25) is 0 Å². The fourth-order valence-electron chi connectivity index (χ4n) is 4.77. The molecule has 1 aliphatic carbocycles. The van der Waals surface area contributed by atoms with Gasteiger partial charge in [0.1, 0.15) is 17.6 Å². The molecule has 32 heavy (non-hydrogen) atoms. The molecule has 0 bridgehead atoms. The molecule has 1 N–H and O–H groups in total. The summed E-state index contributed by atoms with van der Waals surface area (Å²) < 4.78 is 21.6. The molecule has 0 aliphatic heterocycles. The van der Waals surface area contributed by atoms with E-state index in [9.17, 15) is 14.0 Å². The number of carbonyl (C=O) groups excluding carboxylic acids is 1. The number of nitrogens with zero attached hydrogens (tertiary/aromatic N) is 3. The number of fused-ring (bicyclic) bond motifs is 6. The SMILES string of the molecule is CN(C)CC(=O)OC1CCC(c2cn3c4cc[nH]c(=O)c4c4cc(F)ccc4c3n2)CC1. The topological polar surface area (TPSA) is 79.7 Å². The zero-order chi connectivity index (χ0) is 22.4. The molecule has 3 aromatic heterocycles. The van der Waals surface area contributed by atoms with E-state index in [1.165, 1.54) is 12.1 Å². The van der Waals surface area contributed by atoms with Gasteiger partial charge in [-0.15, -0.1) is 0 Å². The van der Waals surface area contributed by atoms with Crippen LogP contribution in [0.5, 0.6) is 0 Å². The van der Waals surface area contributed by atoms with Gasteiger partial charge in [-0.2, -0.15) is 0 Å². The van der Waals surface area contributed by atoms with Gasteiger partial charge in [0.15, 0.2) is 0 Å². The smallest absolute Gasteiger partial charge is 0.320 e. The Morgan fingerprint density at radius 2 is 2.00 bits per heavy atom. The van der Waals surface area contributed by atoms with Crippen LogP contribution in [0.3, 0.4) is 0 Å². The number of aromatic amines is 1. The first-order valence-electron chi connectivity index (χ1n) is 10.9. The van der Waals surface area contributed by atoms with Crippen molar-refractivity contribution < 1.29 is 13.9 Å². The van der Waals surface area contributed by atoms with E-state index < -0.39 is 0 Å². The average molecular weight is 436 g/mol. The number of benzene rings is 1. The summed E-state index contributed by atoms with van der Waals surface area (Å²) in [5.74, 6) is -0.340. The fraction of sp³-hybridized carbons (Fsp3) is 0.375. The largest absolute Gasteiger partial charge is 0.461 e. The lowest BCUT2D eigenvalue weighted by Gasteiger charge is -2.27. The first kappa shape index (κ1) is 20.6. The summed E-state index contributed by atoms with van der Waals surface area (Å²) in [7, 11) is 3.69. The van der Waals surface area contributed by atoms with E-state index in [4.69, 9.17) is 9.72 Å². The molecule has 0 saturated heterocycles. The van der Waals surface area contributed by atoms with Crippen molar-refractivity contribution in [1.29, 1.82) is 0 Å². The molecule has 0 atom stereocenters. The lowest BCUT2D eigenvalue weighted by molar-refractivity contribution is -0.151. The summed E-state index contributed by atoms with van der Waals surface area (Å²) in [5.41, 5.74) is 2.11. The number of likely N-dealkylation sites (N-methyl/N-ethyl adjacent to an activating group) is 1. The number of rotatable bonds is 4. The predicted octanol–water partition coefficient (Wildman–Crippen LogP) is 3.60. The Morgan fingerprint density at radius 3 is 2.75 bits per heavy atom. The van der Waals surface area contributed by atoms with E-state index in [1.54, 1.807) is 17.2 Å². The van der Waals surface area contributed by atoms with Crippen molar-refractivity contribution in [2.24, 2.45) is 0 Å². The van der Waals surface area contributed by atoms with Crippen molar-refractivity contribution in [3.8, 4) is 0 Å². The summed E-state index contributed by atoms with van der Waals surface area (Å²) in [4.78, 5) is 34.0. The van der Waals surface area contributed by atoms with Crippen molar-refractivity contribution in [2.75, 3.05) is 20.6 Å². The highest BCUT2D eigenvalue weighted by atomic mass is 19.1. The Morgan fingerprint density at radius 1 is 1.22 bits per heavy atom. The van der Waals surface area contributed by atoms with Crippen LogP contribution in [0.1, 0.15) is 37.3 Å². The molecule has 1 saturated carbocycles. The van der Waals surface area contributed by atoms with Gasteiger partial charge in [0, 0.05) is 29.1 Å². The zero-order valence-electron chi connectivity index (χ0n) is 18.1. The van der Waals surface area contributed by atoms with E-state index in [-0.39, 0.29) is 35.9 Å². The van der Waals surface area contributed by atoms with Gasteiger partial charge >= 0.3 is 5.97 Å². The molecule has 1 aliphatic rings. The van der Waals surface area contributed by atoms with Crippen LogP contribution in [0.4, 0.5) is 4.39 Å². The van der Waals surface area contributed by atoms with Crippen LogP contribution in [-0.4, -0.2) is 52.0 Å². The maximum absolute atomic E-state index is 14.0. The lowest BCUT2D eigenvalue weighted by Crippen LogP contribution is -2.29. The van der Waals surface area contributed by atoms with Crippen LogP contribution in [-0.2, 0) is 9.53 Å². The number of nitrogens with one attached hydrogen (secondary N) is 1. The molecule has 7 nitrogen and oxygen atoms in total. The number of aromatic nitrogens is 3. The number of halogens is 1. The third-order valence-electron chi connectivity index (χ3n) is 6.25. The number of pyridine rings is 2. The van der Waals surface area contributed by atoms with Crippen LogP contribution in [0.15, 0.2) is 41.5 Å². The second-order valence-electron chi connectivity index (χ2n) is 8.82. The van der Waals surface area contributed by atoms with E-state index >= 15 is 0 Å². The molecule has 3 heterocycles. The van der Waals surface area contributed by atoms with Gasteiger partial charge < -0.3 is 9.72 Å². The minimum Gasteiger partial charge on any atom is -0.461 e. The highest BCUT2D eigenvalue weighted by Gasteiger charge is 2.27. The summed E-state index contributed by atoms with van der Waals surface area (Å²) in [5, 5.41) is 1.76. The number of imidazole rings is 1. The van der Waals surface area contributed by atoms with Crippen molar-refractivity contribution in [1.82, 2.24) is 19.3 Å². The van der Waals surface area contributed by atoms with Crippen molar-refractivity contribution >= 4 is 33.3 Å². The molecule has 1 fully saturated rings. The summed E-state index contributed by atoms with van der Waals surface area (Å²) >= 11 is 0. The number of hydrogen-bond donors (Lipinski definition) is 1. The van der Waals surface area contributed by atoms with E-state index in [0.29, 0.717) is 21.9 Å². The Bertz CT molecular complexity index is 1380. The quantitative estimate of drug-likeness (QED) is 0.391. The fourth-order valence-corrected chi connectivity index (χ4v) is 4.77. The number of hydrogen-bond acceptors (Lipinski definition) is 5. The van der Waals surface area contributed by atoms with Crippen molar-refractivity contribution in [3.05, 3.63) is 58.5 Å². The zero-order valence-corrected chi connectivity index (χ0v) is 18.1.